The van der Waals surface area contributed by atoms with Crippen molar-refractivity contribution >= 4 is 71.1 Å². The third-order valence-corrected chi connectivity index (χ3v) is 11.1. The van der Waals surface area contributed by atoms with Crippen molar-refractivity contribution in [2.45, 2.75) is 0 Å². The summed E-state index contributed by atoms with van der Waals surface area (Å²) in [7, 11) is 0. The minimum absolute atomic E-state index is 0.601. The molecule has 0 aliphatic rings. The van der Waals surface area contributed by atoms with E-state index in [-0.39, 0.29) is 0 Å². The molecular weight excluding hydrogens is 671 g/mol. The second-order valence-corrected chi connectivity index (χ2v) is 14.0. The summed E-state index contributed by atoms with van der Waals surface area (Å²) in [6.45, 7) is 7.57. The highest BCUT2D eigenvalue weighted by atomic mass is 15.1. The van der Waals surface area contributed by atoms with Gasteiger partial charge in [-0.1, -0.05) is 109 Å². The van der Waals surface area contributed by atoms with Gasteiger partial charge in [0.15, 0.2) is 5.69 Å². The fourth-order valence-electron chi connectivity index (χ4n) is 8.72. The Morgan fingerprint density at radius 3 is 1.58 bits per heavy atom. The van der Waals surface area contributed by atoms with Gasteiger partial charge in [0.05, 0.1) is 56.6 Å². The Morgan fingerprint density at radius 1 is 0.418 bits per heavy atom. The molecule has 3 aromatic heterocycles. The lowest BCUT2D eigenvalue weighted by Crippen LogP contribution is -2.02. The molecular formula is C50H29N5. The molecule has 0 aliphatic heterocycles. The fraction of sp³-hybridized carbons (Fsp3) is 0. The molecule has 0 spiro atoms. The van der Waals surface area contributed by atoms with E-state index in [1.807, 2.05) is 36.4 Å². The van der Waals surface area contributed by atoms with Crippen molar-refractivity contribution < 1.29 is 0 Å². The first-order valence-electron chi connectivity index (χ1n) is 18.3. The summed E-state index contributed by atoms with van der Waals surface area (Å²) in [5.74, 6) is 0. The van der Waals surface area contributed by atoms with Crippen LogP contribution in [0, 0.1) is 17.9 Å². The monoisotopic (exact) mass is 699 g/mol. The molecule has 0 saturated carbocycles. The van der Waals surface area contributed by atoms with Gasteiger partial charge in [-0.2, -0.15) is 5.26 Å². The summed E-state index contributed by atoms with van der Waals surface area (Å²) < 4.78 is 6.92. The molecule has 55 heavy (non-hydrogen) atoms. The second kappa shape index (κ2) is 11.8. The van der Waals surface area contributed by atoms with Gasteiger partial charge >= 0.3 is 0 Å². The maximum absolute atomic E-state index is 10.6. The smallest absolute Gasteiger partial charge is 0.188 e. The van der Waals surface area contributed by atoms with Crippen LogP contribution in [-0.4, -0.2) is 13.7 Å². The Balaban J connectivity index is 1.12. The standard InChI is InChI=1S/C50H29N5/c1-52-35-25-28-47-42(30-35)40-14-5-6-16-43(40)53(47)36-26-23-32(24-27-36)33-21-22-34(31-51)49(29-33)55-46-19-9-4-13-39(46)41-15-10-20-48(50(41)55)54-44-17-7-2-11-37(44)38-12-3-8-18-45(38)54/h2-30H. The van der Waals surface area contributed by atoms with Crippen molar-refractivity contribution in [3.63, 3.8) is 0 Å². The third-order valence-electron chi connectivity index (χ3n) is 11.1. The van der Waals surface area contributed by atoms with Gasteiger partial charge in [0, 0.05) is 32.6 Å². The highest BCUT2D eigenvalue weighted by Crippen LogP contribution is 2.41. The Labute approximate surface area is 316 Å². The van der Waals surface area contributed by atoms with Crippen LogP contribution in [0.1, 0.15) is 5.56 Å². The molecule has 0 saturated heterocycles. The molecule has 254 valence electrons. The topological polar surface area (TPSA) is 42.9 Å². The Kier molecular flexibility index (Phi) is 6.61. The van der Waals surface area contributed by atoms with Crippen LogP contribution in [0.4, 0.5) is 5.69 Å². The van der Waals surface area contributed by atoms with Gasteiger partial charge in [0.2, 0.25) is 0 Å². The molecule has 0 bridgehead atoms. The van der Waals surface area contributed by atoms with Crippen LogP contribution in [-0.2, 0) is 0 Å². The molecule has 0 amide bonds. The van der Waals surface area contributed by atoms with E-state index in [2.05, 4.69) is 164 Å². The van der Waals surface area contributed by atoms with E-state index in [1.165, 1.54) is 10.8 Å². The number of fused-ring (bicyclic) bond motifs is 9. The van der Waals surface area contributed by atoms with Gasteiger partial charge in [-0.25, -0.2) is 4.85 Å². The first kappa shape index (κ1) is 30.7. The highest BCUT2D eigenvalue weighted by Gasteiger charge is 2.21. The Bertz CT molecular complexity index is 3400. The summed E-state index contributed by atoms with van der Waals surface area (Å²) in [5, 5.41) is 17.5. The number of para-hydroxylation sites is 5. The molecule has 0 radical (unpaired) electrons. The molecule has 3 heterocycles. The van der Waals surface area contributed by atoms with Crippen molar-refractivity contribution in [2.75, 3.05) is 0 Å². The second-order valence-electron chi connectivity index (χ2n) is 14.0. The Morgan fingerprint density at radius 2 is 0.945 bits per heavy atom. The van der Waals surface area contributed by atoms with Gasteiger partial charge in [-0.15, -0.1) is 0 Å². The van der Waals surface area contributed by atoms with Crippen LogP contribution < -0.4 is 0 Å². The van der Waals surface area contributed by atoms with Crippen LogP contribution >= 0.6 is 0 Å². The zero-order valence-electron chi connectivity index (χ0n) is 29.5. The van der Waals surface area contributed by atoms with E-state index >= 15 is 0 Å². The van der Waals surface area contributed by atoms with Gasteiger partial charge in [-0.3, -0.25) is 0 Å². The van der Waals surface area contributed by atoms with Crippen LogP contribution in [0.15, 0.2) is 176 Å². The van der Waals surface area contributed by atoms with Gasteiger partial charge < -0.3 is 13.7 Å². The van der Waals surface area contributed by atoms with Crippen molar-refractivity contribution in [1.82, 2.24) is 13.7 Å². The third kappa shape index (κ3) is 4.45. The van der Waals surface area contributed by atoms with Crippen molar-refractivity contribution in [1.29, 1.82) is 5.26 Å². The van der Waals surface area contributed by atoms with Gasteiger partial charge in [0.1, 0.15) is 6.07 Å². The lowest BCUT2D eigenvalue weighted by molar-refractivity contribution is 1.12. The molecule has 0 atom stereocenters. The fourth-order valence-corrected chi connectivity index (χ4v) is 8.72. The number of nitriles is 1. The van der Waals surface area contributed by atoms with E-state index in [9.17, 15) is 5.26 Å². The van der Waals surface area contributed by atoms with Crippen molar-refractivity contribution in [3.8, 4) is 34.3 Å². The van der Waals surface area contributed by atoms with E-state index < -0.39 is 0 Å². The largest absolute Gasteiger partial charge is 0.309 e. The van der Waals surface area contributed by atoms with Crippen LogP contribution in [0.5, 0.6) is 0 Å². The summed E-state index contributed by atoms with van der Waals surface area (Å²) in [6, 6.07) is 63.8. The zero-order chi connectivity index (χ0) is 36.6. The minimum Gasteiger partial charge on any atom is -0.309 e. The maximum atomic E-state index is 10.6. The predicted octanol–water partition coefficient (Wildman–Crippen LogP) is 13.1. The predicted molar refractivity (Wildman–Crippen MR) is 226 cm³/mol. The van der Waals surface area contributed by atoms with Crippen LogP contribution in [0.25, 0.3) is 98.5 Å². The van der Waals surface area contributed by atoms with E-state index in [0.29, 0.717) is 11.3 Å². The number of rotatable bonds is 4. The number of nitrogens with zero attached hydrogens (tertiary/aromatic N) is 5. The summed E-state index contributed by atoms with van der Waals surface area (Å²) in [4.78, 5) is 3.69. The summed E-state index contributed by atoms with van der Waals surface area (Å²) in [6.07, 6.45) is 0. The molecule has 8 aromatic carbocycles. The summed E-state index contributed by atoms with van der Waals surface area (Å²) in [5.41, 5.74) is 12.8. The Hall–Kier alpha value is -7.86. The van der Waals surface area contributed by atoms with E-state index in [0.717, 1.165) is 82.8 Å². The zero-order valence-corrected chi connectivity index (χ0v) is 29.5. The first-order chi connectivity index (χ1) is 27.2. The molecule has 0 N–H and O–H groups in total. The van der Waals surface area contributed by atoms with Crippen LogP contribution in [0.2, 0.25) is 0 Å². The number of hydrogen-bond acceptors (Lipinski definition) is 1. The van der Waals surface area contributed by atoms with Crippen LogP contribution in [0.3, 0.4) is 0 Å². The minimum atomic E-state index is 0.601. The number of benzene rings is 8. The molecule has 11 aromatic rings. The lowest BCUT2D eigenvalue weighted by atomic mass is 10.0. The number of aromatic nitrogens is 3. The lowest BCUT2D eigenvalue weighted by Gasteiger charge is -2.16. The average molecular weight is 700 g/mol. The van der Waals surface area contributed by atoms with Crippen molar-refractivity contribution in [3.05, 3.63) is 193 Å². The summed E-state index contributed by atoms with van der Waals surface area (Å²) >= 11 is 0. The molecule has 5 nitrogen and oxygen atoms in total. The normalized spacial score (nSPS) is 11.6. The molecule has 0 fully saturated rings. The highest BCUT2D eigenvalue weighted by molar-refractivity contribution is 6.15. The SMILES string of the molecule is [C-]#[N+]c1ccc2c(c1)c1ccccc1n2-c1ccc(-c2ccc(C#N)c(-n3c4ccccc4c4cccc(-n5c6ccccc6c6ccccc65)c43)c2)cc1. The molecule has 0 aliphatic carbocycles. The molecule has 0 unspecified atom stereocenters. The molecule has 11 rings (SSSR count). The van der Waals surface area contributed by atoms with E-state index in [1.54, 1.807) is 0 Å². The van der Waals surface area contributed by atoms with Gasteiger partial charge in [-0.05, 0) is 83.2 Å². The average Bonchev–Trinajstić information content (AvgIpc) is 3.89. The van der Waals surface area contributed by atoms with Crippen molar-refractivity contribution in [2.24, 2.45) is 0 Å². The molecule has 5 heteroatoms. The van der Waals surface area contributed by atoms with Gasteiger partial charge in [0.25, 0.3) is 0 Å². The number of hydrogen-bond donors (Lipinski definition) is 0. The quantitative estimate of drug-likeness (QED) is 0.169. The maximum Gasteiger partial charge on any atom is 0.188 e. The first-order valence-corrected chi connectivity index (χ1v) is 18.3. The van der Waals surface area contributed by atoms with E-state index in [4.69, 9.17) is 6.57 Å².